The van der Waals surface area contributed by atoms with E-state index in [0.29, 0.717) is 17.0 Å². The van der Waals surface area contributed by atoms with Crippen LogP contribution < -0.4 is 10.1 Å². The predicted molar refractivity (Wildman–Crippen MR) is 100.0 cm³/mol. The molecule has 0 aliphatic heterocycles. The molecule has 0 aliphatic rings. The van der Waals surface area contributed by atoms with E-state index in [2.05, 4.69) is 20.3 Å². The lowest BCUT2D eigenvalue weighted by atomic mass is 10.1. The van der Waals surface area contributed by atoms with Gasteiger partial charge in [-0.3, -0.25) is 4.79 Å². The lowest BCUT2D eigenvalue weighted by molar-refractivity contribution is -0.389. The summed E-state index contributed by atoms with van der Waals surface area (Å²) in [7, 11) is 0. The number of hydrogen-bond donors (Lipinski definition) is 1. The Morgan fingerprint density at radius 3 is 2.73 bits per heavy atom. The number of aryl methyl sites for hydroxylation is 2. The van der Waals surface area contributed by atoms with E-state index in [1.807, 2.05) is 0 Å². The molecule has 3 rings (SSSR count). The highest BCUT2D eigenvalue weighted by Crippen LogP contribution is 2.29. The second-order valence-corrected chi connectivity index (χ2v) is 6.51. The van der Waals surface area contributed by atoms with Gasteiger partial charge in [-0.2, -0.15) is 13.5 Å². The average Bonchev–Trinajstić information content (AvgIpc) is 3.21. The molecule has 10 nitrogen and oxygen atoms in total. The molecule has 2 heterocycles. The first kappa shape index (κ1) is 21.2. The van der Waals surface area contributed by atoms with Crippen molar-refractivity contribution in [1.82, 2.24) is 14.9 Å². The number of carbonyl (C=O) groups is 1. The SMILES string of the molecule is Cc1onc(C(=O)Nc2ccc(OC(F)F)c(Cl)c2)c1Cn1nc([N+](=O)[O-])cc1C. The van der Waals surface area contributed by atoms with Crippen LogP contribution in [0.2, 0.25) is 5.02 Å². The van der Waals surface area contributed by atoms with Gasteiger partial charge in [-0.15, -0.1) is 0 Å². The smallest absolute Gasteiger partial charge is 0.390 e. The number of nitro groups is 1. The van der Waals surface area contributed by atoms with E-state index in [9.17, 15) is 23.7 Å². The van der Waals surface area contributed by atoms with Gasteiger partial charge in [-0.1, -0.05) is 16.8 Å². The molecular weight excluding hydrogens is 428 g/mol. The van der Waals surface area contributed by atoms with Crippen LogP contribution in [0.4, 0.5) is 20.3 Å². The number of aromatic nitrogens is 3. The normalized spacial score (nSPS) is 11.0. The lowest BCUT2D eigenvalue weighted by Crippen LogP contribution is -2.16. The Morgan fingerprint density at radius 1 is 1.40 bits per heavy atom. The van der Waals surface area contributed by atoms with Gasteiger partial charge in [0.05, 0.1) is 34.0 Å². The summed E-state index contributed by atoms with van der Waals surface area (Å²) in [5.41, 5.74) is 1.03. The fraction of sp³-hybridized carbons (Fsp3) is 0.235. The van der Waals surface area contributed by atoms with Crippen LogP contribution in [0, 0.1) is 24.0 Å². The largest absolute Gasteiger partial charge is 0.433 e. The Bertz CT molecular complexity index is 1110. The zero-order valence-electron chi connectivity index (χ0n) is 15.6. The standard InChI is InChI=1S/C17H14ClF2N5O5/c1-8-5-14(25(27)28)22-24(8)7-11-9(2)30-23-15(11)16(26)21-10-3-4-13(12(18)6-10)29-17(19)20/h3-6,17H,7H2,1-2H3,(H,21,26). The topological polar surface area (TPSA) is 125 Å². The molecular formula is C17H14ClF2N5O5. The number of ether oxygens (including phenoxy) is 1. The molecule has 0 bridgehead atoms. The Balaban J connectivity index is 1.81. The highest BCUT2D eigenvalue weighted by atomic mass is 35.5. The van der Waals surface area contributed by atoms with Crippen LogP contribution in [0.1, 0.15) is 27.5 Å². The molecule has 30 heavy (non-hydrogen) atoms. The van der Waals surface area contributed by atoms with Crippen LogP contribution >= 0.6 is 11.6 Å². The number of alkyl halides is 2. The van der Waals surface area contributed by atoms with E-state index in [-0.39, 0.29) is 34.5 Å². The monoisotopic (exact) mass is 441 g/mol. The number of halogens is 3. The van der Waals surface area contributed by atoms with Crippen molar-refractivity contribution in [2.75, 3.05) is 5.32 Å². The van der Waals surface area contributed by atoms with Crippen LogP contribution in [0.25, 0.3) is 0 Å². The molecule has 0 saturated carbocycles. The van der Waals surface area contributed by atoms with Gasteiger partial charge in [0.1, 0.15) is 11.5 Å². The summed E-state index contributed by atoms with van der Waals surface area (Å²) < 4.78 is 35.3. The van der Waals surface area contributed by atoms with Crippen molar-refractivity contribution in [3.05, 3.63) is 62.1 Å². The molecule has 158 valence electrons. The molecule has 2 aromatic heterocycles. The van der Waals surface area contributed by atoms with Crippen LogP contribution in [0.15, 0.2) is 28.8 Å². The molecule has 1 amide bonds. The molecule has 0 aliphatic carbocycles. The van der Waals surface area contributed by atoms with Crippen LogP contribution in [0.3, 0.4) is 0 Å². The van der Waals surface area contributed by atoms with Crippen molar-refractivity contribution in [2.24, 2.45) is 0 Å². The van der Waals surface area contributed by atoms with Crippen molar-refractivity contribution in [1.29, 1.82) is 0 Å². The van der Waals surface area contributed by atoms with Crippen molar-refractivity contribution in [3.8, 4) is 5.75 Å². The first-order valence-electron chi connectivity index (χ1n) is 8.35. The van der Waals surface area contributed by atoms with Crippen molar-refractivity contribution >= 4 is 29.0 Å². The molecule has 0 radical (unpaired) electrons. The molecule has 3 aromatic rings. The lowest BCUT2D eigenvalue weighted by Gasteiger charge is -2.09. The van der Waals surface area contributed by atoms with Crippen molar-refractivity contribution in [2.45, 2.75) is 27.0 Å². The molecule has 0 unspecified atom stereocenters. The number of carbonyl (C=O) groups excluding carboxylic acids is 1. The Hall–Kier alpha value is -3.54. The fourth-order valence-corrected chi connectivity index (χ4v) is 2.83. The third kappa shape index (κ3) is 4.54. The zero-order valence-corrected chi connectivity index (χ0v) is 16.3. The zero-order chi connectivity index (χ0) is 22.0. The highest BCUT2D eigenvalue weighted by Gasteiger charge is 2.24. The van der Waals surface area contributed by atoms with Gasteiger partial charge < -0.3 is 24.7 Å². The molecule has 0 fully saturated rings. The van der Waals surface area contributed by atoms with E-state index < -0.39 is 17.4 Å². The van der Waals surface area contributed by atoms with Gasteiger partial charge in [-0.25, -0.2) is 0 Å². The van der Waals surface area contributed by atoms with E-state index in [1.54, 1.807) is 13.8 Å². The molecule has 13 heteroatoms. The van der Waals surface area contributed by atoms with Crippen LogP contribution in [-0.4, -0.2) is 32.4 Å². The van der Waals surface area contributed by atoms with Crippen LogP contribution in [-0.2, 0) is 6.54 Å². The number of nitrogens with zero attached hydrogens (tertiary/aromatic N) is 4. The summed E-state index contributed by atoms with van der Waals surface area (Å²) in [6.45, 7) is 0.192. The molecule has 0 spiro atoms. The molecule has 1 aromatic carbocycles. The van der Waals surface area contributed by atoms with Gasteiger partial charge in [0.25, 0.3) is 5.91 Å². The predicted octanol–water partition coefficient (Wildman–Crippen LogP) is 3.95. The Morgan fingerprint density at radius 2 is 2.13 bits per heavy atom. The van der Waals surface area contributed by atoms with Gasteiger partial charge in [0.15, 0.2) is 5.69 Å². The minimum atomic E-state index is -3.04. The maximum absolute atomic E-state index is 12.6. The van der Waals surface area contributed by atoms with E-state index in [4.69, 9.17) is 16.1 Å². The highest BCUT2D eigenvalue weighted by molar-refractivity contribution is 6.32. The van der Waals surface area contributed by atoms with Crippen LogP contribution in [0.5, 0.6) is 5.75 Å². The summed E-state index contributed by atoms with van der Waals surface area (Å²) in [6.07, 6.45) is 0. The summed E-state index contributed by atoms with van der Waals surface area (Å²) >= 11 is 5.88. The quantitative estimate of drug-likeness (QED) is 0.434. The second-order valence-electron chi connectivity index (χ2n) is 6.10. The minimum Gasteiger partial charge on any atom is -0.433 e. The molecule has 0 saturated heterocycles. The van der Waals surface area contributed by atoms with Gasteiger partial charge in [0, 0.05) is 5.69 Å². The third-order valence-corrected chi connectivity index (χ3v) is 4.36. The van der Waals surface area contributed by atoms with Crippen molar-refractivity contribution < 1.29 is 27.8 Å². The first-order chi connectivity index (χ1) is 14.2. The van der Waals surface area contributed by atoms with Gasteiger partial charge >= 0.3 is 12.4 Å². The van der Waals surface area contributed by atoms with Crippen molar-refractivity contribution in [3.63, 3.8) is 0 Å². The number of benzene rings is 1. The minimum absolute atomic E-state index is 0.0136. The van der Waals surface area contributed by atoms with E-state index >= 15 is 0 Å². The maximum atomic E-state index is 12.6. The third-order valence-electron chi connectivity index (χ3n) is 4.07. The Kier molecular flexibility index (Phi) is 5.96. The summed E-state index contributed by atoms with van der Waals surface area (Å²) in [4.78, 5) is 22.9. The Labute approximate surface area is 172 Å². The second kappa shape index (κ2) is 8.45. The fourth-order valence-electron chi connectivity index (χ4n) is 2.61. The number of rotatable bonds is 7. The number of anilines is 1. The first-order valence-corrected chi connectivity index (χ1v) is 8.73. The number of amides is 1. The van der Waals surface area contributed by atoms with E-state index in [0.717, 1.165) is 0 Å². The summed E-state index contributed by atoms with van der Waals surface area (Å²) in [6, 6.07) is 5.05. The van der Waals surface area contributed by atoms with Gasteiger partial charge in [0.2, 0.25) is 0 Å². The van der Waals surface area contributed by atoms with Gasteiger partial charge in [-0.05, 0) is 37.0 Å². The summed E-state index contributed by atoms with van der Waals surface area (Å²) in [5.74, 6) is -0.886. The average molecular weight is 442 g/mol. The number of hydrogen-bond acceptors (Lipinski definition) is 7. The molecule has 0 atom stereocenters. The maximum Gasteiger partial charge on any atom is 0.390 e. The molecule has 1 N–H and O–H groups in total. The summed E-state index contributed by atoms with van der Waals surface area (Å²) in [5, 5.41) is 20.9. The number of nitrogens with one attached hydrogen (secondary N) is 1. The van der Waals surface area contributed by atoms with E-state index in [1.165, 1.54) is 28.9 Å².